The van der Waals surface area contributed by atoms with Gasteiger partial charge in [0.05, 0.1) is 13.2 Å². The zero-order chi connectivity index (χ0) is 11.7. The summed E-state index contributed by atoms with van der Waals surface area (Å²) in [6.45, 7) is 3.05. The van der Waals surface area contributed by atoms with Gasteiger partial charge in [0.2, 0.25) is 5.91 Å². The van der Waals surface area contributed by atoms with Crippen LogP contribution in [0.4, 0.5) is 0 Å². The molecule has 0 rings (SSSR count). The lowest BCUT2D eigenvalue weighted by Gasteiger charge is -2.24. The fraction of sp³-hybridized carbons (Fsp3) is 0.900. The van der Waals surface area contributed by atoms with E-state index in [1.54, 1.807) is 0 Å². The van der Waals surface area contributed by atoms with Gasteiger partial charge in [0.25, 0.3) is 0 Å². The van der Waals surface area contributed by atoms with Crippen LogP contribution in [0.5, 0.6) is 0 Å². The molecular weight excluding hydrogens is 196 g/mol. The van der Waals surface area contributed by atoms with Crippen molar-refractivity contribution >= 4 is 5.91 Å². The van der Waals surface area contributed by atoms with Crippen molar-refractivity contribution in [3.8, 4) is 0 Å². The number of nitrogens with two attached hydrogens (primary N) is 1. The van der Waals surface area contributed by atoms with E-state index in [0.29, 0.717) is 13.0 Å². The molecule has 90 valence electrons. The third-order valence-electron chi connectivity index (χ3n) is 2.34. The zero-order valence-electron chi connectivity index (χ0n) is 9.33. The molecule has 1 amide bonds. The predicted molar refractivity (Wildman–Crippen MR) is 58.2 cm³/mol. The molecule has 0 atom stereocenters. The highest BCUT2D eigenvalue weighted by molar-refractivity contribution is 5.73. The summed E-state index contributed by atoms with van der Waals surface area (Å²) in [7, 11) is 0. The minimum atomic E-state index is -0.469. The number of rotatable bonds is 9. The van der Waals surface area contributed by atoms with Crippen molar-refractivity contribution in [3.05, 3.63) is 0 Å². The SMILES string of the molecule is CC(CO)(CO)CNCCCCC(N)=O. The van der Waals surface area contributed by atoms with Crippen LogP contribution in [0.2, 0.25) is 0 Å². The number of aliphatic hydroxyl groups excluding tert-OH is 2. The van der Waals surface area contributed by atoms with Crippen LogP contribution in [0.15, 0.2) is 0 Å². The van der Waals surface area contributed by atoms with Crippen molar-refractivity contribution in [1.29, 1.82) is 0 Å². The molecule has 0 bridgehead atoms. The van der Waals surface area contributed by atoms with Crippen LogP contribution in [-0.2, 0) is 4.79 Å². The molecule has 0 saturated carbocycles. The van der Waals surface area contributed by atoms with Crippen LogP contribution in [0, 0.1) is 5.41 Å². The Bertz CT molecular complexity index is 182. The summed E-state index contributed by atoms with van der Waals surface area (Å²) in [6, 6.07) is 0. The van der Waals surface area contributed by atoms with Crippen molar-refractivity contribution in [2.45, 2.75) is 26.2 Å². The van der Waals surface area contributed by atoms with E-state index in [1.807, 2.05) is 6.92 Å². The van der Waals surface area contributed by atoms with Crippen molar-refractivity contribution in [2.24, 2.45) is 11.1 Å². The van der Waals surface area contributed by atoms with Gasteiger partial charge in [-0.2, -0.15) is 0 Å². The third-order valence-corrected chi connectivity index (χ3v) is 2.34. The van der Waals surface area contributed by atoms with Crippen LogP contribution in [-0.4, -0.2) is 42.4 Å². The molecule has 0 aliphatic rings. The van der Waals surface area contributed by atoms with E-state index in [9.17, 15) is 4.79 Å². The van der Waals surface area contributed by atoms with Gasteiger partial charge in [0.1, 0.15) is 0 Å². The van der Waals surface area contributed by atoms with Crippen LogP contribution in [0.1, 0.15) is 26.2 Å². The zero-order valence-corrected chi connectivity index (χ0v) is 9.33. The standard InChI is InChI=1S/C10H22N2O3/c1-10(7-13,8-14)6-12-5-3-2-4-9(11)15/h12-14H,2-8H2,1H3,(H2,11,15). The third kappa shape index (κ3) is 7.30. The van der Waals surface area contributed by atoms with Crippen LogP contribution < -0.4 is 11.1 Å². The average molecular weight is 218 g/mol. The van der Waals surface area contributed by atoms with Gasteiger partial charge < -0.3 is 21.3 Å². The number of unbranched alkanes of at least 4 members (excludes halogenated alkanes) is 1. The molecule has 0 aliphatic heterocycles. The van der Waals surface area contributed by atoms with Gasteiger partial charge in [-0.3, -0.25) is 4.79 Å². The summed E-state index contributed by atoms with van der Waals surface area (Å²) in [5.74, 6) is -0.273. The normalized spacial score (nSPS) is 11.7. The maximum absolute atomic E-state index is 10.4. The van der Waals surface area contributed by atoms with Crippen molar-refractivity contribution in [2.75, 3.05) is 26.3 Å². The van der Waals surface area contributed by atoms with Crippen LogP contribution in [0.3, 0.4) is 0 Å². The number of aliphatic hydroxyl groups is 2. The Morgan fingerprint density at radius 2 is 1.93 bits per heavy atom. The number of amides is 1. The highest BCUT2D eigenvalue weighted by Crippen LogP contribution is 2.11. The molecule has 0 unspecified atom stereocenters. The molecule has 5 heteroatoms. The second-order valence-electron chi connectivity index (χ2n) is 4.23. The molecule has 0 aromatic rings. The number of primary amides is 1. The Morgan fingerprint density at radius 1 is 1.33 bits per heavy atom. The molecule has 0 aromatic carbocycles. The van der Waals surface area contributed by atoms with Gasteiger partial charge in [0.15, 0.2) is 0 Å². The first-order valence-corrected chi connectivity index (χ1v) is 5.25. The molecule has 0 spiro atoms. The Labute approximate surface area is 90.7 Å². The quantitative estimate of drug-likeness (QED) is 0.382. The molecule has 15 heavy (non-hydrogen) atoms. The average Bonchev–Trinajstić information content (AvgIpc) is 2.22. The molecule has 0 radical (unpaired) electrons. The smallest absolute Gasteiger partial charge is 0.217 e. The molecule has 0 heterocycles. The fourth-order valence-corrected chi connectivity index (χ4v) is 1.10. The molecule has 0 fully saturated rings. The second kappa shape index (κ2) is 7.62. The summed E-state index contributed by atoms with van der Waals surface area (Å²) in [5, 5.41) is 21.1. The predicted octanol–water partition coefficient (Wildman–Crippen LogP) is -0.777. The van der Waals surface area contributed by atoms with Crippen LogP contribution in [0.25, 0.3) is 0 Å². The first-order valence-electron chi connectivity index (χ1n) is 5.25. The second-order valence-corrected chi connectivity index (χ2v) is 4.23. The number of nitrogens with one attached hydrogen (secondary N) is 1. The molecule has 0 aromatic heterocycles. The lowest BCUT2D eigenvalue weighted by atomic mass is 9.93. The number of carbonyl (C=O) groups excluding carboxylic acids is 1. The monoisotopic (exact) mass is 218 g/mol. The number of hydrogen-bond donors (Lipinski definition) is 4. The maximum atomic E-state index is 10.4. The van der Waals surface area contributed by atoms with E-state index < -0.39 is 5.41 Å². The fourth-order valence-electron chi connectivity index (χ4n) is 1.10. The molecule has 5 N–H and O–H groups in total. The molecule has 0 aliphatic carbocycles. The van der Waals surface area contributed by atoms with Gasteiger partial charge >= 0.3 is 0 Å². The largest absolute Gasteiger partial charge is 0.396 e. The van der Waals surface area contributed by atoms with E-state index in [0.717, 1.165) is 19.4 Å². The Balaban J connectivity index is 3.41. The van der Waals surface area contributed by atoms with Crippen molar-refractivity contribution < 1.29 is 15.0 Å². The minimum absolute atomic E-state index is 0.0439. The van der Waals surface area contributed by atoms with Gasteiger partial charge in [0, 0.05) is 18.4 Å². The molecular formula is C10H22N2O3. The van der Waals surface area contributed by atoms with E-state index >= 15 is 0 Å². The summed E-state index contributed by atoms with van der Waals surface area (Å²) in [5.41, 5.74) is 4.53. The van der Waals surface area contributed by atoms with Gasteiger partial charge in [-0.25, -0.2) is 0 Å². The number of hydrogen-bond acceptors (Lipinski definition) is 4. The molecule has 0 saturated heterocycles. The lowest BCUT2D eigenvalue weighted by molar-refractivity contribution is -0.118. The maximum Gasteiger partial charge on any atom is 0.217 e. The summed E-state index contributed by atoms with van der Waals surface area (Å²) < 4.78 is 0. The van der Waals surface area contributed by atoms with Gasteiger partial charge in [-0.05, 0) is 19.4 Å². The summed E-state index contributed by atoms with van der Waals surface area (Å²) in [6.07, 6.45) is 2.06. The van der Waals surface area contributed by atoms with E-state index in [-0.39, 0.29) is 19.1 Å². The first kappa shape index (κ1) is 14.3. The Hall–Kier alpha value is -0.650. The summed E-state index contributed by atoms with van der Waals surface area (Å²) >= 11 is 0. The highest BCUT2D eigenvalue weighted by atomic mass is 16.3. The topological polar surface area (TPSA) is 95.6 Å². The highest BCUT2D eigenvalue weighted by Gasteiger charge is 2.21. The minimum Gasteiger partial charge on any atom is -0.396 e. The number of carbonyl (C=O) groups is 1. The van der Waals surface area contributed by atoms with Crippen LogP contribution >= 0.6 is 0 Å². The lowest BCUT2D eigenvalue weighted by Crippen LogP contribution is -2.38. The van der Waals surface area contributed by atoms with Crippen molar-refractivity contribution in [1.82, 2.24) is 5.32 Å². The van der Waals surface area contributed by atoms with Crippen molar-refractivity contribution in [3.63, 3.8) is 0 Å². The van der Waals surface area contributed by atoms with E-state index in [4.69, 9.17) is 15.9 Å². The first-order chi connectivity index (χ1) is 7.04. The van der Waals surface area contributed by atoms with Gasteiger partial charge in [-0.15, -0.1) is 0 Å². The van der Waals surface area contributed by atoms with Gasteiger partial charge in [-0.1, -0.05) is 6.92 Å². The van der Waals surface area contributed by atoms with E-state index in [2.05, 4.69) is 5.32 Å². The Morgan fingerprint density at radius 3 is 2.40 bits per heavy atom. The van der Waals surface area contributed by atoms with E-state index in [1.165, 1.54) is 0 Å². The Kier molecular flexibility index (Phi) is 7.29. The summed E-state index contributed by atoms with van der Waals surface area (Å²) in [4.78, 5) is 10.4. The molecule has 5 nitrogen and oxygen atoms in total.